The molecule has 4 heterocycles. The number of ether oxygens (including phenoxy) is 1. The largest absolute Gasteiger partial charge is 0.506 e. The van der Waals surface area contributed by atoms with Crippen LogP contribution in [0.15, 0.2) is 72.9 Å². The van der Waals surface area contributed by atoms with Gasteiger partial charge in [-0.1, -0.05) is 17.7 Å². The van der Waals surface area contributed by atoms with Crippen molar-refractivity contribution in [2.24, 2.45) is 0 Å². The van der Waals surface area contributed by atoms with Gasteiger partial charge in [-0.25, -0.2) is 0 Å². The zero-order chi connectivity index (χ0) is 27.1. The van der Waals surface area contributed by atoms with Gasteiger partial charge in [0.1, 0.15) is 5.75 Å². The zero-order valence-electron chi connectivity index (χ0n) is 21.8. The number of aryl methyl sites for hydroxylation is 1. The second-order valence-corrected chi connectivity index (χ2v) is 10.7. The summed E-state index contributed by atoms with van der Waals surface area (Å²) in [5.41, 5.74) is 6.81. The molecule has 9 heteroatoms. The Morgan fingerprint density at radius 3 is 2.46 bits per heavy atom. The van der Waals surface area contributed by atoms with Gasteiger partial charge < -0.3 is 29.5 Å². The van der Waals surface area contributed by atoms with Crippen molar-refractivity contribution in [2.45, 2.75) is 25.9 Å². The summed E-state index contributed by atoms with van der Waals surface area (Å²) < 4.78 is 7.57. The van der Waals surface area contributed by atoms with Crippen molar-refractivity contribution in [3.05, 3.63) is 101 Å². The highest BCUT2D eigenvalue weighted by molar-refractivity contribution is 7.80. The van der Waals surface area contributed by atoms with Crippen molar-refractivity contribution in [3.8, 4) is 11.4 Å². The highest BCUT2D eigenvalue weighted by atomic mass is 35.5. The molecule has 4 aromatic rings. The van der Waals surface area contributed by atoms with Gasteiger partial charge in [0.25, 0.3) is 0 Å². The van der Waals surface area contributed by atoms with Gasteiger partial charge in [0.2, 0.25) is 0 Å². The summed E-state index contributed by atoms with van der Waals surface area (Å²) in [6.45, 7) is 7.36. The van der Waals surface area contributed by atoms with Gasteiger partial charge in [0.05, 0.1) is 36.7 Å². The molecule has 0 aliphatic carbocycles. The van der Waals surface area contributed by atoms with Gasteiger partial charge in [0.15, 0.2) is 5.11 Å². The summed E-state index contributed by atoms with van der Waals surface area (Å²) in [5.74, 6) is 0.171. The molecular formula is C30H30ClN5O2S. The number of anilines is 2. The summed E-state index contributed by atoms with van der Waals surface area (Å²) in [6.07, 6.45) is 1.81. The fourth-order valence-electron chi connectivity index (χ4n) is 5.73. The summed E-state index contributed by atoms with van der Waals surface area (Å²) >= 11 is 12.3. The Labute approximate surface area is 238 Å². The van der Waals surface area contributed by atoms with Gasteiger partial charge in [0, 0.05) is 47.1 Å². The van der Waals surface area contributed by atoms with E-state index >= 15 is 0 Å². The van der Waals surface area contributed by atoms with Crippen LogP contribution < -0.4 is 15.1 Å². The number of phenolic OH excluding ortho intramolecular Hbond substituents is 1. The molecule has 2 saturated heterocycles. The highest BCUT2D eigenvalue weighted by Crippen LogP contribution is 2.44. The van der Waals surface area contributed by atoms with Gasteiger partial charge >= 0.3 is 0 Å². The molecule has 0 unspecified atom stereocenters. The normalized spacial score (nSPS) is 19.4. The first kappa shape index (κ1) is 25.7. The zero-order valence-corrected chi connectivity index (χ0v) is 23.4. The molecule has 2 aliphatic heterocycles. The lowest BCUT2D eigenvalue weighted by molar-refractivity contribution is 0.122. The third-order valence-electron chi connectivity index (χ3n) is 7.57. The number of morpholine rings is 1. The van der Waals surface area contributed by atoms with Crippen LogP contribution in [0, 0.1) is 13.8 Å². The summed E-state index contributed by atoms with van der Waals surface area (Å²) in [7, 11) is 0. The quantitative estimate of drug-likeness (QED) is 0.297. The van der Waals surface area contributed by atoms with E-state index in [0.717, 1.165) is 54.6 Å². The van der Waals surface area contributed by atoms with Gasteiger partial charge in [-0.2, -0.15) is 0 Å². The molecule has 0 saturated carbocycles. The lowest BCUT2D eigenvalue weighted by Gasteiger charge is -2.31. The van der Waals surface area contributed by atoms with E-state index in [1.807, 2.05) is 35.9 Å². The van der Waals surface area contributed by atoms with Crippen LogP contribution in [0.2, 0.25) is 5.02 Å². The number of hydrogen-bond acceptors (Lipinski definition) is 5. The second-order valence-electron chi connectivity index (χ2n) is 9.91. The summed E-state index contributed by atoms with van der Waals surface area (Å²) in [5, 5.41) is 15.5. The number of aromatic hydroxyl groups is 1. The second kappa shape index (κ2) is 10.5. The maximum absolute atomic E-state index is 10.7. The fourth-order valence-corrected chi connectivity index (χ4v) is 6.24. The van der Waals surface area contributed by atoms with Crippen molar-refractivity contribution < 1.29 is 9.84 Å². The first-order chi connectivity index (χ1) is 18.9. The van der Waals surface area contributed by atoms with Crippen LogP contribution in [0.5, 0.6) is 5.75 Å². The Kier molecular flexibility index (Phi) is 6.93. The van der Waals surface area contributed by atoms with Crippen LogP contribution in [0.1, 0.15) is 34.7 Å². The molecule has 2 aliphatic rings. The van der Waals surface area contributed by atoms with Crippen LogP contribution in [-0.4, -0.2) is 46.1 Å². The van der Waals surface area contributed by atoms with E-state index in [1.54, 1.807) is 18.2 Å². The predicted octanol–water partition coefficient (Wildman–Crippen LogP) is 5.86. The molecule has 0 bridgehead atoms. The number of pyridine rings is 1. The maximum Gasteiger partial charge on any atom is 0.174 e. The van der Waals surface area contributed by atoms with E-state index in [1.165, 1.54) is 5.69 Å². The third-order valence-corrected chi connectivity index (χ3v) is 8.12. The molecule has 2 N–H and O–H groups in total. The Bertz CT molecular complexity index is 1500. The van der Waals surface area contributed by atoms with Crippen LogP contribution in [0.25, 0.3) is 5.69 Å². The number of aromatic nitrogens is 2. The monoisotopic (exact) mass is 559 g/mol. The van der Waals surface area contributed by atoms with Crippen molar-refractivity contribution in [1.82, 2.24) is 14.9 Å². The minimum absolute atomic E-state index is 0.164. The van der Waals surface area contributed by atoms with Gasteiger partial charge in [-0.15, -0.1) is 0 Å². The SMILES string of the molecule is Cc1cc([C@H]2[C@@H](c3ccccn3)NC(=S)N2c2ccc(N3CCOCC3)cc2)c(C)n1-c1cc(Cl)ccc1O. The fraction of sp³-hybridized carbons (Fsp3) is 0.267. The number of nitrogens with zero attached hydrogens (tertiary/aromatic N) is 4. The first-order valence-corrected chi connectivity index (χ1v) is 13.8. The topological polar surface area (TPSA) is 65.8 Å². The maximum atomic E-state index is 10.7. The molecule has 2 aromatic carbocycles. The smallest absolute Gasteiger partial charge is 0.174 e. The number of nitrogens with one attached hydrogen (secondary N) is 1. The molecule has 2 aromatic heterocycles. The number of halogens is 1. The number of thiocarbonyl (C=S) groups is 1. The molecular weight excluding hydrogens is 530 g/mol. The Balaban J connectivity index is 1.45. The van der Waals surface area contributed by atoms with Gasteiger partial charge in [-0.05, 0) is 92.3 Å². The summed E-state index contributed by atoms with van der Waals surface area (Å²) in [4.78, 5) is 9.21. The number of rotatable bonds is 5. The summed E-state index contributed by atoms with van der Waals surface area (Å²) in [6, 6.07) is 21.5. The van der Waals surface area contributed by atoms with Crippen LogP contribution >= 0.6 is 23.8 Å². The molecule has 39 heavy (non-hydrogen) atoms. The van der Waals surface area contributed by atoms with Crippen molar-refractivity contribution in [1.29, 1.82) is 0 Å². The third kappa shape index (κ3) is 4.73. The number of benzene rings is 2. The molecule has 2 atom stereocenters. The Hall–Kier alpha value is -3.59. The Morgan fingerprint density at radius 1 is 1.00 bits per heavy atom. The van der Waals surface area contributed by atoms with Crippen molar-refractivity contribution in [2.75, 3.05) is 36.1 Å². The molecule has 2 fully saturated rings. The van der Waals surface area contributed by atoms with Crippen LogP contribution in [0.3, 0.4) is 0 Å². The first-order valence-electron chi connectivity index (χ1n) is 13.0. The van der Waals surface area contributed by atoms with E-state index in [-0.39, 0.29) is 17.8 Å². The standard InChI is InChI=1S/C30H30ClN5O2S/c1-19-17-24(20(2)35(19)26-18-21(31)6-11-27(26)37)29-28(25-5-3-4-12-32-25)33-30(39)36(29)23-9-7-22(8-10-23)34-13-15-38-16-14-34/h3-12,17-18,28-29,37H,13-16H2,1-2H3,(H,33,39)/t28-,29+/m1/s1. The van der Waals surface area contributed by atoms with Gasteiger partial charge in [-0.3, -0.25) is 4.98 Å². The van der Waals surface area contributed by atoms with E-state index in [9.17, 15) is 5.11 Å². The number of phenols is 1. The van der Waals surface area contributed by atoms with E-state index in [4.69, 9.17) is 28.6 Å². The van der Waals surface area contributed by atoms with Crippen molar-refractivity contribution >= 4 is 40.3 Å². The molecule has 200 valence electrons. The lowest BCUT2D eigenvalue weighted by atomic mass is 9.96. The van der Waals surface area contributed by atoms with Crippen LogP contribution in [0.4, 0.5) is 11.4 Å². The van der Waals surface area contributed by atoms with Crippen LogP contribution in [-0.2, 0) is 4.74 Å². The lowest BCUT2D eigenvalue weighted by Crippen LogP contribution is -2.36. The number of hydrogen-bond donors (Lipinski definition) is 2. The molecule has 7 nitrogen and oxygen atoms in total. The molecule has 6 rings (SSSR count). The Morgan fingerprint density at radius 2 is 1.74 bits per heavy atom. The molecule has 0 spiro atoms. The van der Waals surface area contributed by atoms with E-state index in [0.29, 0.717) is 15.8 Å². The van der Waals surface area contributed by atoms with Crippen molar-refractivity contribution in [3.63, 3.8) is 0 Å². The average molecular weight is 560 g/mol. The minimum atomic E-state index is -0.167. The minimum Gasteiger partial charge on any atom is -0.506 e. The van der Waals surface area contributed by atoms with E-state index < -0.39 is 0 Å². The average Bonchev–Trinajstić information content (AvgIpc) is 3.45. The molecule has 0 radical (unpaired) electrons. The predicted molar refractivity (Wildman–Crippen MR) is 159 cm³/mol. The van der Waals surface area contributed by atoms with E-state index in [2.05, 4.69) is 57.4 Å². The molecule has 0 amide bonds. The highest BCUT2D eigenvalue weighted by Gasteiger charge is 2.42.